The fourth-order valence-electron chi connectivity index (χ4n) is 2.85. The average molecular weight is 276 g/mol. The van der Waals surface area contributed by atoms with E-state index in [9.17, 15) is 9.90 Å². The van der Waals surface area contributed by atoms with E-state index < -0.39 is 0 Å². The van der Waals surface area contributed by atoms with Crippen LogP contribution in [0.2, 0.25) is 0 Å². The number of likely N-dealkylation sites (tertiary alicyclic amines) is 1. The third kappa shape index (κ3) is 3.27. The van der Waals surface area contributed by atoms with Gasteiger partial charge >= 0.3 is 0 Å². The Morgan fingerprint density at radius 1 is 1.30 bits per heavy atom. The van der Waals surface area contributed by atoms with Crippen LogP contribution in [0.5, 0.6) is 0 Å². The number of aliphatic hydroxyl groups is 1. The number of amides is 1. The number of hydrogen-bond acceptors (Lipinski definition) is 5. The molecule has 0 aromatic rings. The second-order valence-electron chi connectivity index (χ2n) is 5.74. The summed E-state index contributed by atoms with van der Waals surface area (Å²) in [7, 11) is 0. The smallest absolute Gasteiger partial charge is 0.236 e. The molecular weight excluding hydrogens is 256 g/mol. The highest BCUT2D eigenvalue weighted by Crippen LogP contribution is 2.52. The number of nitriles is 2. The molecule has 108 valence electrons. The van der Waals surface area contributed by atoms with Crippen molar-refractivity contribution in [3.8, 4) is 12.1 Å². The lowest BCUT2D eigenvalue weighted by Crippen LogP contribution is -2.40. The molecule has 1 unspecified atom stereocenters. The zero-order valence-corrected chi connectivity index (χ0v) is 11.6. The van der Waals surface area contributed by atoms with Crippen LogP contribution in [0.15, 0.2) is 0 Å². The Kier molecular flexibility index (Phi) is 4.59. The lowest BCUT2D eigenvalue weighted by atomic mass is 10.0. The van der Waals surface area contributed by atoms with Crippen LogP contribution in [0, 0.1) is 28.1 Å². The van der Waals surface area contributed by atoms with Gasteiger partial charge in [0, 0.05) is 31.6 Å². The lowest BCUT2D eigenvalue weighted by Gasteiger charge is -2.23. The Morgan fingerprint density at radius 2 is 1.90 bits per heavy atom. The van der Waals surface area contributed by atoms with Crippen molar-refractivity contribution in [1.29, 1.82) is 10.5 Å². The van der Waals surface area contributed by atoms with E-state index in [0.29, 0.717) is 19.6 Å². The van der Waals surface area contributed by atoms with Crippen molar-refractivity contribution in [2.24, 2.45) is 5.41 Å². The van der Waals surface area contributed by atoms with Crippen LogP contribution in [-0.2, 0) is 4.79 Å². The Labute approximate surface area is 119 Å². The highest BCUT2D eigenvalue weighted by molar-refractivity contribution is 5.78. The maximum Gasteiger partial charge on any atom is 0.236 e. The summed E-state index contributed by atoms with van der Waals surface area (Å²) in [6.45, 7) is 2.35. The van der Waals surface area contributed by atoms with Gasteiger partial charge < -0.3 is 10.0 Å². The second kappa shape index (κ2) is 6.21. The molecule has 1 spiro atoms. The number of β-amino-alcohol motifs (C(OH)–C–C–N with tert-alkyl or cyclic N) is 1. The van der Waals surface area contributed by atoms with Crippen LogP contribution in [0.25, 0.3) is 0 Å². The van der Waals surface area contributed by atoms with Gasteiger partial charge in [-0.25, -0.2) is 0 Å². The van der Waals surface area contributed by atoms with E-state index in [2.05, 4.69) is 0 Å². The van der Waals surface area contributed by atoms with Crippen molar-refractivity contribution in [3.63, 3.8) is 0 Å². The fraction of sp³-hybridized carbons (Fsp3) is 0.786. The molecule has 2 fully saturated rings. The van der Waals surface area contributed by atoms with Crippen molar-refractivity contribution in [3.05, 3.63) is 0 Å². The van der Waals surface area contributed by atoms with Crippen LogP contribution in [0.3, 0.4) is 0 Å². The molecule has 2 aliphatic rings. The highest BCUT2D eigenvalue weighted by Gasteiger charge is 2.54. The topological polar surface area (TPSA) is 91.4 Å². The average Bonchev–Trinajstić information content (AvgIpc) is 3.12. The summed E-state index contributed by atoms with van der Waals surface area (Å²) in [5.41, 5.74) is 0.0460. The summed E-state index contributed by atoms with van der Waals surface area (Å²) >= 11 is 0. The van der Waals surface area contributed by atoms with E-state index in [-0.39, 0.29) is 36.8 Å². The minimum Gasteiger partial charge on any atom is -0.391 e. The number of hydrogen-bond donors (Lipinski definition) is 1. The summed E-state index contributed by atoms with van der Waals surface area (Å²) in [5.74, 6) is -0.0552. The first-order chi connectivity index (χ1) is 9.61. The molecule has 0 aromatic heterocycles. The number of carbonyl (C=O) groups excluding carboxylic acids is 1. The molecule has 6 heteroatoms. The molecule has 1 atom stereocenters. The molecule has 2 rings (SSSR count). The summed E-state index contributed by atoms with van der Waals surface area (Å²) in [6, 6.07) is 4.05. The molecular formula is C14H20N4O2. The SMILES string of the molecule is N#CCCN(CCC#N)C(=O)CN1CC(O)C2(CC2)C1. The maximum absolute atomic E-state index is 12.2. The predicted octanol–water partition coefficient (Wildman–Crippen LogP) is 0.0991. The summed E-state index contributed by atoms with van der Waals surface area (Å²) in [4.78, 5) is 15.8. The van der Waals surface area contributed by atoms with Crippen LogP contribution in [0.4, 0.5) is 0 Å². The van der Waals surface area contributed by atoms with Gasteiger partial charge in [-0.2, -0.15) is 10.5 Å². The van der Waals surface area contributed by atoms with Crippen molar-refractivity contribution in [1.82, 2.24) is 9.80 Å². The van der Waals surface area contributed by atoms with Gasteiger partial charge in [0.2, 0.25) is 5.91 Å². The highest BCUT2D eigenvalue weighted by atomic mass is 16.3. The predicted molar refractivity (Wildman–Crippen MR) is 71.2 cm³/mol. The third-order valence-electron chi connectivity index (χ3n) is 4.27. The molecule has 0 aromatic carbocycles. The standard InChI is InChI=1S/C14H20N4O2/c15-5-1-7-18(8-2-6-16)13(20)10-17-9-12(19)14(11-17)3-4-14/h12,19H,1-4,7-11H2. The summed E-state index contributed by atoms with van der Waals surface area (Å²) in [5, 5.41) is 27.2. The second-order valence-corrected chi connectivity index (χ2v) is 5.74. The maximum atomic E-state index is 12.2. The van der Waals surface area contributed by atoms with E-state index >= 15 is 0 Å². The first-order valence-corrected chi connectivity index (χ1v) is 7.03. The molecule has 20 heavy (non-hydrogen) atoms. The monoisotopic (exact) mass is 276 g/mol. The van der Waals surface area contributed by atoms with Gasteiger partial charge in [-0.15, -0.1) is 0 Å². The summed E-state index contributed by atoms with van der Waals surface area (Å²) < 4.78 is 0. The molecule has 1 N–H and O–H groups in total. The molecule has 1 aliphatic carbocycles. The summed E-state index contributed by atoms with van der Waals surface area (Å²) in [6.07, 6.45) is 2.34. The Morgan fingerprint density at radius 3 is 2.35 bits per heavy atom. The molecule has 6 nitrogen and oxygen atoms in total. The van der Waals surface area contributed by atoms with Gasteiger partial charge in [0.1, 0.15) is 0 Å². The number of rotatable bonds is 6. The van der Waals surface area contributed by atoms with Crippen molar-refractivity contribution >= 4 is 5.91 Å². The molecule has 1 aliphatic heterocycles. The lowest BCUT2D eigenvalue weighted by molar-refractivity contribution is -0.132. The minimum absolute atomic E-state index is 0.0460. The Balaban J connectivity index is 1.85. The normalized spacial score (nSPS) is 23.2. The Hall–Kier alpha value is -1.63. The van der Waals surface area contributed by atoms with Crippen molar-refractivity contribution in [2.75, 3.05) is 32.7 Å². The first kappa shape index (κ1) is 14.8. The number of aliphatic hydroxyl groups excluding tert-OH is 1. The van der Waals surface area contributed by atoms with Crippen molar-refractivity contribution in [2.45, 2.75) is 31.8 Å². The zero-order valence-electron chi connectivity index (χ0n) is 11.6. The molecule has 1 amide bonds. The van der Waals surface area contributed by atoms with Gasteiger partial charge in [-0.05, 0) is 12.8 Å². The van der Waals surface area contributed by atoms with E-state index in [1.165, 1.54) is 0 Å². The molecule has 0 bridgehead atoms. The quantitative estimate of drug-likeness (QED) is 0.743. The van der Waals surface area contributed by atoms with Crippen LogP contribution < -0.4 is 0 Å². The zero-order chi connectivity index (χ0) is 14.6. The van der Waals surface area contributed by atoms with Crippen molar-refractivity contribution < 1.29 is 9.90 Å². The number of carbonyl (C=O) groups is 1. The van der Waals surface area contributed by atoms with Gasteiger partial charge in [0.05, 0.1) is 37.6 Å². The van der Waals surface area contributed by atoms with Gasteiger partial charge in [-0.3, -0.25) is 9.69 Å². The molecule has 1 saturated carbocycles. The molecule has 1 heterocycles. The molecule has 0 radical (unpaired) electrons. The van der Waals surface area contributed by atoms with E-state index in [1.54, 1.807) is 4.90 Å². The Bertz CT molecular complexity index is 429. The van der Waals surface area contributed by atoms with Gasteiger partial charge in [0.25, 0.3) is 0 Å². The third-order valence-corrected chi connectivity index (χ3v) is 4.27. The minimum atomic E-state index is -0.318. The van der Waals surface area contributed by atoms with E-state index in [0.717, 1.165) is 19.4 Å². The fourth-order valence-corrected chi connectivity index (χ4v) is 2.85. The van der Waals surface area contributed by atoms with Crippen LogP contribution in [-0.4, -0.2) is 59.6 Å². The number of nitrogens with zero attached hydrogens (tertiary/aromatic N) is 4. The van der Waals surface area contributed by atoms with Crippen LogP contribution >= 0.6 is 0 Å². The largest absolute Gasteiger partial charge is 0.391 e. The van der Waals surface area contributed by atoms with Gasteiger partial charge in [0.15, 0.2) is 0 Å². The van der Waals surface area contributed by atoms with E-state index in [1.807, 2.05) is 17.0 Å². The van der Waals surface area contributed by atoms with Gasteiger partial charge in [-0.1, -0.05) is 0 Å². The van der Waals surface area contributed by atoms with E-state index in [4.69, 9.17) is 10.5 Å². The molecule has 1 saturated heterocycles. The van der Waals surface area contributed by atoms with Crippen LogP contribution in [0.1, 0.15) is 25.7 Å². The first-order valence-electron chi connectivity index (χ1n) is 7.03.